The zero-order chi connectivity index (χ0) is 13.4. The number of aromatic nitrogens is 1. The number of oxazole rings is 1. The molecule has 19 heavy (non-hydrogen) atoms. The van der Waals surface area contributed by atoms with Gasteiger partial charge in [0.1, 0.15) is 5.52 Å². The van der Waals surface area contributed by atoms with Crippen LogP contribution in [0.4, 0.5) is 0 Å². The lowest BCUT2D eigenvalue weighted by molar-refractivity contribution is 0.0656. The Morgan fingerprint density at radius 3 is 2.58 bits per heavy atom. The van der Waals surface area contributed by atoms with Gasteiger partial charge in [0.15, 0.2) is 5.58 Å². The number of carboxylic acid groups (broad SMARTS) is 1. The van der Waals surface area contributed by atoms with Crippen LogP contribution in [0, 0.1) is 0 Å². The summed E-state index contributed by atoms with van der Waals surface area (Å²) in [6, 6.07) is 12.7. The number of benzene rings is 2. The summed E-state index contributed by atoms with van der Waals surface area (Å²) in [4.78, 5) is 14.9. The summed E-state index contributed by atoms with van der Waals surface area (Å²) in [6.07, 6.45) is 0. The fraction of sp³-hybridized carbons (Fsp3) is 0. The Morgan fingerprint density at radius 2 is 1.89 bits per heavy atom. The Labute approximate surface area is 113 Å². The number of carbonyl (C=O) groups is 1. The van der Waals surface area contributed by atoms with E-state index in [-0.39, 0.29) is 5.89 Å². The number of carboxylic acids is 1. The van der Waals surface area contributed by atoms with E-state index in [1.54, 1.807) is 12.1 Å². The van der Waals surface area contributed by atoms with Crippen molar-refractivity contribution in [2.24, 2.45) is 0 Å². The molecule has 0 bridgehead atoms. The molecule has 0 unspecified atom stereocenters. The molecule has 1 N–H and O–H groups in total. The molecule has 0 atom stereocenters. The van der Waals surface area contributed by atoms with Crippen molar-refractivity contribution < 1.29 is 14.3 Å². The van der Waals surface area contributed by atoms with Gasteiger partial charge in [0.25, 0.3) is 0 Å². The summed E-state index contributed by atoms with van der Waals surface area (Å²) in [6.45, 7) is 0. The molecule has 0 saturated heterocycles. The Kier molecular flexibility index (Phi) is 2.72. The zero-order valence-corrected chi connectivity index (χ0v) is 10.4. The van der Waals surface area contributed by atoms with Gasteiger partial charge in [-0.25, -0.2) is 9.78 Å². The predicted octanol–water partition coefficient (Wildman–Crippen LogP) is 3.85. The van der Waals surface area contributed by atoms with Crippen LogP contribution >= 0.6 is 11.6 Å². The second-order valence-corrected chi connectivity index (χ2v) is 4.37. The SMILES string of the molecule is O=C(O)c1nc2c(-c3ccccc3)c(Cl)ccc2o1. The lowest BCUT2D eigenvalue weighted by Gasteiger charge is -2.04. The smallest absolute Gasteiger partial charge is 0.392 e. The molecule has 0 aliphatic carbocycles. The molecule has 0 aliphatic rings. The largest absolute Gasteiger partial charge is 0.474 e. The Balaban J connectivity index is 2.34. The van der Waals surface area contributed by atoms with Gasteiger partial charge in [0, 0.05) is 5.56 Å². The van der Waals surface area contributed by atoms with E-state index in [9.17, 15) is 4.79 Å². The topological polar surface area (TPSA) is 63.3 Å². The number of hydrogen-bond acceptors (Lipinski definition) is 3. The second-order valence-electron chi connectivity index (χ2n) is 3.96. The van der Waals surface area contributed by atoms with E-state index in [0.717, 1.165) is 5.56 Å². The monoisotopic (exact) mass is 273 g/mol. The highest BCUT2D eigenvalue weighted by Gasteiger charge is 2.17. The minimum atomic E-state index is -1.20. The van der Waals surface area contributed by atoms with Gasteiger partial charge < -0.3 is 9.52 Å². The normalized spacial score (nSPS) is 10.8. The highest BCUT2D eigenvalue weighted by atomic mass is 35.5. The minimum absolute atomic E-state index is 0.338. The summed E-state index contributed by atoms with van der Waals surface area (Å²) in [5, 5.41) is 9.43. The Bertz CT molecular complexity index is 765. The molecule has 0 fully saturated rings. The maximum absolute atomic E-state index is 10.9. The molecular formula is C14H8ClNO3. The summed E-state index contributed by atoms with van der Waals surface area (Å²) in [5.74, 6) is -1.54. The van der Waals surface area contributed by atoms with Crippen molar-refractivity contribution in [3.05, 3.63) is 53.4 Å². The first-order valence-electron chi connectivity index (χ1n) is 5.54. The van der Waals surface area contributed by atoms with E-state index in [1.807, 2.05) is 30.3 Å². The van der Waals surface area contributed by atoms with Crippen LogP contribution in [0.25, 0.3) is 22.2 Å². The number of nitrogens with zero attached hydrogens (tertiary/aromatic N) is 1. The van der Waals surface area contributed by atoms with Gasteiger partial charge in [-0.3, -0.25) is 0 Å². The summed E-state index contributed by atoms with van der Waals surface area (Å²) in [5.41, 5.74) is 2.40. The van der Waals surface area contributed by atoms with E-state index >= 15 is 0 Å². The van der Waals surface area contributed by atoms with Gasteiger partial charge in [-0.15, -0.1) is 0 Å². The summed E-state index contributed by atoms with van der Waals surface area (Å²) >= 11 is 6.20. The van der Waals surface area contributed by atoms with Gasteiger partial charge in [0.2, 0.25) is 0 Å². The third-order valence-electron chi connectivity index (χ3n) is 2.76. The van der Waals surface area contributed by atoms with Crippen molar-refractivity contribution in [2.45, 2.75) is 0 Å². The average Bonchev–Trinajstić information content (AvgIpc) is 2.83. The molecule has 1 heterocycles. The van der Waals surface area contributed by atoms with Crippen molar-refractivity contribution in [3.8, 4) is 11.1 Å². The number of fused-ring (bicyclic) bond motifs is 1. The van der Waals surface area contributed by atoms with Crippen LogP contribution in [0.2, 0.25) is 5.02 Å². The molecule has 0 amide bonds. The van der Waals surface area contributed by atoms with Gasteiger partial charge in [-0.2, -0.15) is 0 Å². The maximum Gasteiger partial charge on any atom is 0.392 e. The number of rotatable bonds is 2. The first kappa shape index (κ1) is 11.7. The third-order valence-corrected chi connectivity index (χ3v) is 3.07. The number of halogens is 1. The van der Waals surface area contributed by atoms with Crippen molar-refractivity contribution in [1.29, 1.82) is 0 Å². The van der Waals surface area contributed by atoms with Crippen molar-refractivity contribution in [1.82, 2.24) is 4.98 Å². The molecule has 0 spiro atoms. The molecule has 3 rings (SSSR count). The molecule has 94 valence electrons. The third kappa shape index (κ3) is 1.96. The molecular weight excluding hydrogens is 266 g/mol. The molecule has 0 aliphatic heterocycles. The van der Waals surface area contributed by atoms with Crippen LogP contribution in [0.3, 0.4) is 0 Å². The first-order valence-corrected chi connectivity index (χ1v) is 5.92. The minimum Gasteiger partial charge on any atom is -0.474 e. The van der Waals surface area contributed by atoms with E-state index < -0.39 is 5.97 Å². The predicted molar refractivity (Wildman–Crippen MR) is 71.4 cm³/mol. The summed E-state index contributed by atoms with van der Waals surface area (Å²) in [7, 11) is 0. The van der Waals surface area contributed by atoms with Gasteiger partial charge in [0.05, 0.1) is 5.02 Å². The molecule has 2 aromatic carbocycles. The zero-order valence-electron chi connectivity index (χ0n) is 9.63. The van der Waals surface area contributed by atoms with Crippen molar-refractivity contribution in [2.75, 3.05) is 0 Å². The molecule has 4 nitrogen and oxygen atoms in total. The van der Waals surface area contributed by atoms with Crippen molar-refractivity contribution >= 4 is 28.7 Å². The number of hydrogen-bond donors (Lipinski definition) is 1. The first-order chi connectivity index (χ1) is 9.16. The van der Waals surface area contributed by atoms with Crippen LogP contribution in [-0.2, 0) is 0 Å². The average molecular weight is 274 g/mol. The van der Waals surface area contributed by atoms with Gasteiger partial charge in [-0.1, -0.05) is 41.9 Å². The van der Waals surface area contributed by atoms with Crippen LogP contribution < -0.4 is 0 Å². The summed E-state index contributed by atoms with van der Waals surface area (Å²) < 4.78 is 5.18. The fourth-order valence-corrected chi connectivity index (χ4v) is 2.20. The quantitative estimate of drug-likeness (QED) is 0.770. The molecule has 0 saturated carbocycles. The van der Waals surface area contributed by atoms with E-state index in [4.69, 9.17) is 21.1 Å². The van der Waals surface area contributed by atoms with Gasteiger partial charge in [-0.05, 0) is 17.7 Å². The van der Waals surface area contributed by atoms with Crippen LogP contribution in [0.1, 0.15) is 10.7 Å². The molecule has 5 heteroatoms. The van der Waals surface area contributed by atoms with E-state index in [0.29, 0.717) is 21.7 Å². The second kappa shape index (κ2) is 4.40. The highest BCUT2D eigenvalue weighted by molar-refractivity contribution is 6.34. The van der Waals surface area contributed by atoms with Gasteiger partial charge >= 0.3 is 11.9 Å². The highest BCUT2D eigenvalue weighted by Crippen LogP contribution is 2.34. The number of aromatic carboxylic acids is 1. The molecule has 0 radical (unpaired) electrons. The van der Waals surface area contributed by atoms with E-state index in [1.165, 1.54) is 0 Å². The van der Waals surface area contributed by atoms with E-state index in [2.05, 4.69) is 4.98 Å². The van der Waals surface area contributed by atoms with Crippen LogP contribution in [-0.4, -0.2) is 16.1 Å². The van der Waals surface area contributed by atoms with Crippen molar-refractivity contribution in [3.63, 3.8) is 0 Å². The maximum atomic E-state index is 10.9. The Hall–Kier alpha value is -2.33. The van der Waals surface area contributed by atoms with Crippen LogP contribution in [0.5, 0.6) is 0 Å². The lowest BCUT2D eigenvalue weighted by atomic mass is 10.0. The molecule has 1 aromatic heterocycles. The molecule has 3 aromatic rings. The lowest BCUT2D eigenvalue weighted by Crippen LogP contribution is -1.95. The van der Waals surface area contributed by atoms with Crippen LogP contribution in [0.15, 0.2) is 46.9 Å². The standard InChI is InChI=1S/C14H8ClNO3/c15-9-6-7-10-12(16-13(19-10)14(17)18)11(9)8-4-2-1-3-5-8/h1-7H,(H,17,18). The fourth-order valence-electron chi connectivity index (χ4n) is 1.94. The Morgan fingerprint density at radius 1 is 1.16 bits per heavy atom.